The van der Waals surface area contributed by atoms with Crippen molar-refractivity contribution >= 4 is 51.5 Å². The molecule has 2 aliphatic heterocycles. The molecule has 3 fully saturated rings. The molecular weight excluding hydrogens is 541 g/mol. The highest BCUT2D eigenvalue weighted by molar-refractivity contribution is 6.41. The van der Waals surface area contributed by atoms with Crippen molar-refractivity contribution in [2.24, 2.45) is 11.8 Å². The number of ether oxygens (including phenoxy) is 3. The number of carbonyl (C=O) groups is 1. The molecule has 2 aromatic heterocycles. The summed E-state index contributed by atoms with van der Waals surface area (Å²) in [4.78, 5) is 24.0. The summed E-state index contributed by atoms with van der Waals surface area (Å²) in [5, 5.41) is 8.95. The van der Waals surface area contributed by atoms with Gasteiger partial charge >= 0.3 is 0 Å². The van der Waals surface area contributed by atoms with Crippen molar-refractivity contribution in [1.82, 2.24) is 15.3 Å². The molecule has 6 rings (SSSR count). The van der Waals surface area contributed by atoms with Crippen LogP contribution in [0, 0.1) is 11.8 Å². The van der Waals surface area contributed by atoms with Gasteiger partial charge in [-0.05, 0) is 36.5 Å². The first kappa shape index (κ1) is 26.0. The SMILES string of the molecule is C=CC(=O)N[C@H]1COC[C@H]1Nc1cc2c(N3CC4CC4C3)nc(-c3c(Cl)c(OC)cc(OC)c3Cl)cc2cn1. The Morgan fingerprint density at radius 3 is 2.46 bits per heavy atom. The van der Waals surface area contributed by atoms with E-state index in [9.17, 15) is 4.79 Å². The third-order valence-electron chi connectivity index (χ3n) is 7.73. The molecule has 1 amide bonds. The minimum atomic E-state index is -0.234. The summed E-state index contributed by atoms with van der Waals surface area (Å²) < 4.78 is 16.6. The van der Waals surface area contributed by atoms with Gasteiger partial charge in [0.05, 0.1) is 55.3 Å². The van der Waals surface area contributed by atoms with Gasteiger partial charge in [0.15, 0.2) is 0 Å². The largest absolute Gasteiger partial charge is 0.495 e. The number of hydrogen-bond acceptors (Lipinski definition) is 8. The lowest BCUT2D eigenvalue weighted by Crippen LogP contribution is -2.45. The van der Waals surface area contributed by atoms with E-state index in [0.717, 1.165) is 29.7 Å². The van der Waals surface area contributed by atoms with Crippen LogP contribution in [-0.2, 0) is 9.53 Å². The second-order valence-electron chi connectivity index (χ2n) is 10.2. The fraction of sp³-hybridized carbons (Fsp3) is 0.393. The minimum Gasteiger partial charge on any atom is -0.495 e. The molecule has 1 aliphatic carbocycles. The van der Waals surface area contributed by atoms with Crippen LogP contribution in [0.1, 0.15) is 6.42 Å². The van der Waals surface area contributed by atoms with E-state index < -0.39 is 0 Å². The van der Waals surface area contributed by atoms with Crippen LogP contribution in [0.5, 0.6) is 11.5 Å². The molecule has 3 aromatic rings. The quantitative estimate of drug-likeness (QED) is 0.381. The number of rotatable bonds is 8. The van der Waals surface area contributed by atoms with Crippen molar-refractivity contribution in [1.29, 1.82) is 0 Å². The highest BCUT2D eigenvalue weighted by Gasteiger charge is 2.46. The van der Waals surface area contributed by atoms with Crippen LogP contribution >= 0.6 is 23.2 Å². The maximum atomic E-state index is 11.9. The summed E-state index contributed by atoms with van der Waals surface area (Å²) in [5.41, 5.74) is 1.16. The number of hydrogen-bond donors (Lipinski definition) is 2. The van der Waals surface area contributed by atoms with Crippen LogP contribution in [0.4, 0.5) is 11.6 Å². The summed E-state index contributed by atoms with van der Waals surface area (Å²) >= 11 is 13.5. The van der Waals surface area contributed by atoms with Gasteiger partial charge in [0.25, 0.3) is 0 Å². The van der Waals surface area contributed by atoms with E-state index in [2.05, 4.69) is 27.1 Å². The molecule has 1 saturated carbocycles. The highest BCUT2D eigenvalue weighted by atomic mass is 35.5. The lowest BCUT2D eigenvalue weighted by molar-refractivity contribution is -0.117. The third kappa shape index (κ3) is 4.83. The number of pyridine rings is 2. The smallest absolute Gasteiger partial charge is 0.243 e. The highest BCUT2D eigenvalue weighted by Crippen LogP contribution is 2.49. The van der Waals surface area contributed by atoms with Crippen LogP contribution < -0.4 is 25.0 Å². The molecule has 0 spiro atoms. The Morgan fingerprint density at radius 1 is 1.10 bits per heavy atom. The van der Waals surface area contributed by atoms with Gasteiger partial charge in [0.1, 0.15) is 23.1 Å². The molecule has 4 heterocycles. The average molecular weight is 570 g/mol. The zero-order chi connectivity index (χ0) is 27.3. The number of nitrogens with one attached hydrogen (secondary N) is 2. The van der Waals surface area contributed by atoms with Crippen molar-refractivity contribution in [2.45, 2.75) is 18.5 Å². The topological polar surface area (TPSA) is 97.8 Å². The van der Waals surface area contributed by atoms with Crippen molar-refractivity contribution in [3.8, 4) is 22.8 Å². The number of anilines is 2. The maximum Gasteiger partial charge on any atom is 0.243 e. The van der Waals surface area contributed by atoms with Crippen LogP contribution in [-0.4, -0.2) is 68.5 Å². The summed E-state index contributed by atoms with van der Waals surface area (Å²) in [5.74, 6) is 3.62. The molecule has 39 heavy (non-hydrogen) atoms. The molecule has 4 atom stereocenters. The van der Waals surface area contributed by atoms with E-state index in [4.69, 9.17) is 42.4 Å². The van der Waals surface area contributed by atoms with Gasteiger partial charge in [-0.1, -0.05) is 29.8 Å². The number of amides is 1. The van der Waals surface area contributed by atoms with Gasteiger partial charge in [-0.25, -0.2) is 9.97 Å². The minimum absolute atomic E-state index is 0.129. The Morgan fingerprint density at radius 2 is 1.79 bits per heavy atom. The average Bonchev–Trinajstić information content (AvgIpc) is 3.31. The number of halogens is 2. The first-order valence-corrected chi connectivity index (χ1v) is 13.6. The number of carbonyl (C=O) groups excluding carboxylic acids is 1. The van der Waals surface area contributed by atoms with Crippen LogP contribution in [0.15, 0.2) is 37.1 Å². The summed E-state index contributed by atoms with van der Waals surface area (Å²) in [6.07, 6.45) is 4.35. The fourth-order valence-corrected chi connectivity index (χ4v) is 6.22. The van der Waals surface area contributed by atoms with Crippen molar-refractivity contribution < 1.29 is 19.0 Å². The molecule has 204 valence electrons. The molecule has 0 bridgehead atoms. The molecule has 1 aromatic carbocycles. The number of piperidine rings is 1. The fourth-order valence-electron chi connectivity index (χ4n) is 5.53. The van der Waals surface area contributed by atoms with E-state index in [1.807, 2.05) is 18.3 Å². The van der Waals surface area contributed by atoms with Crippen LogP contribution in [0.2, 0.25) is 10.0 Å². The van der Waals surface area contributed by atoms with Gasteiger partial charge in [0, 0.05) is 41.7 Å². The second kappa shape index (κ2) is 10.4. The van der Waals surface area contributed by atoms with E-state index in [1.54, 1.807) is 20.3 Å². The molecule has 3 aliphatic rings. The number of nitrogens with zero attached hydrogens (tertiary/aromatic N) is 3. The Kier molecular flexibility index (Phi) is 6.91. The monoisotopic (exact) mass is 569 g/mol. The number of aromatic nitrogens is 2. The van der Waals surface area contributed by atoms with Crippen molar-refractivity contribution in [3.05, 3.63) is 47.1 Å². The first-order valence-electron chi connectivity index (χ1n) is 12.8. The molecular formula is C28H29Cl2N5O4. The second-order valence-corrected chi connectivity index (χ2v) is 10.9. The number of methoxy groups -OCH3 is 2. The molecule has 9 nitrogen and oxygen atoms in total. The predicted molar refractivity (Wildman–Crippen MR) is 152 cm³/mol. The van der Waals surface area contributed by atoms with E-state index in [0.29, 0.717) is 63.7 Å². The Balaban J connectivity index is 1.42. The van der Waals surface area contributed by atoms with Gasteiger partial charge in [-0.15, -0.1) is 0 Å². The predicted octanol–water partition coefficient (Wildman–Crippen LogP) is 4.56. The van der Waals surface area contributed by atoms with Crippen molar-refractivity contribution in [3.63, 3.8) is 0 Å². The normalized spacial score (nSPS) is 23.4. The van der Waals surface area contributed by atoms with Crippen LogP contribution in [0.25, 0.3) is 22.0 Å². The third-order valence-corrected chi connectivity index (χ3v) is 8.48. The summed E-state index contributed by atoms with van der Waals surface area (Å²) in [6, 6.07) is 5.29. The molecule has 2 unspecified atom stereocenters. The van der Waals surface area contributed by atoms with E-state index >= 15 is 0 Å². The van der Waals surface area contributed by atoms with Gasteiger partial charge in [0.2, 0.25) is 5.91 Å². The first-order chi connectivity index (χ1) is 18.9. The Labute approximate surface area is 236 Å². The number of benzene rings is 1. The van der Waals surface area contributed by atoms with Gasteiger partial charge in [-0.2, -0.15) is 0 Å². The zero-order valence-corrected chi connectivity index (χ0v) is 23.2. The van der Waals surface area contributed by atoms with Crippen molar-refractivity contribution in [2.75, 3.05) is 50.7 Å². The van der Waals surface area contributed by atoms with E-state index in [-0.39, 0.29) is 18.0 Å². The molecule has 2 saturated heterocycles. The Hall–Kier alpha value is -3.27. The molecule has 11 heteroatoms. The van der Waals surface area contributed by atoms with E-state index in [1.165, 1.54) is 12.5 Å². The molecule has 2 N–H and O–H groups in total. The van der Waals surface area contributed by atoms with Gasteiger partial charge < -0.3 is 29.7 Å². The zero-order valence-electron chi connectivity index (χ0n) is 21.7. The molecule has 0 radical (unpaired) electrons. The number of fused-ring (bicyclic) bond motifs is 2. The van der Waals surface area contributed by atoms with Crippen LogP contribution in [0.3, 0.4) is 0 Å². The summed E-state index contributed by atoms with van der Waals surface area (Å²) in [6.45, 7) is 6.32. The maximum absolute atomic E-state index is 11.9. The van der Waals surface area contributed by atoms with Gasteiger partial charge in [-0.3, -0.25) is 4.79 Å². The summed E-state index contributed by atoms with van der Waals surface area (Å²) in [7, 11) is 3.10. The lowest BCUT2D eigenvalue weighted by atomic mass is 10.1. The Bertz CT molecular complexity index is 1430. The standard InChI is InChI=1S/C28H29Cl2N5O4/c1-4-24(36)33-20-13-39-12-19(20)32-23-7-17-14(9-31-23)6-18(34-28(17)35-10-15-5-16(15)11-35)25-26(29)21(37-2)8-22(38-3)27(25)30/h4,6-9,15-16,19-20H,1,5,10-13H2,2-3H3,(H,31,32)(H,33,36)/t15?,16?,19-,20+/m1/s1. The lowest BCUT2D eigenvalue weighted by Gasteiger charge is -2.24.